The van der Waals surface area contributed by atoms with Crippen LogP contribution in [0.3, 0.4) is 0 Å². The van der Waals surface area contributed by atoms with Gasteiger partial charge in [0.15, 0.2) is 6.20 Å². The van der Waals surface area contributed by atoms with Gasteiger partial charge in [-0.3, -0.25) is 9.97 Å². The number of nitrogens with one attached hydrogen (secondary N) is 1. The molecule has 4 heterocycles. The zero-order valence-electron chi connectivity index (χ0n) is 18.3. The topological polar surface area (TPSA) is 126 Å². The van der Waals surface area contributed by atoms with Gasteiger partial charge in [-0.05, 0) is 24.6 Å². The summed E-state index contributed by atoms with van der Waals surface area (Å²) in [5.41, 5.74) is 3.60. The molecule has 0 saturated heterocycles. The summed E-state index contributed by atoms with van der Waals surface area (Å²) in [7, 11) is 0. The van der Waals surface area contributed by atoms with Gasteiger partial charge in [0.25, 0.3) is 0 Å². The van der Waals surface area contributed by atoms with Crippen molar-refractivity contribution in [3.8, 4) is 23.4 Å². The molecule has 6 rings (SSSR count). The minimum atomic E-state index is 0.0407. The van der Waals surface area contributed by atoms with Crippen LogP contribution in [0.15, 0.2) is 61.2 Å². The number of ether oxygens (including phenoxy) is 2. The Labute approximate surface area is 202 Å². The molecule has 35 heavy (non-hydrogen) atoms. The molecule has 2 aromatic carbocycles. The third-order valence-corrected chi connectivity index (χ3v) is 5.84. The Morgan fingerprint density at radius 1 is 0.914 bits per heavy atom. The summed E-state index contributed by atoms with van der Waals surface area (Å²) in [5.74, 6) is 1.15. The molecule has 0 fully saturated rings. The van der Waals surface area contributed by atoms with E-state index in [-0.39, 0.29) is 11.9 Å². The molecule has 6 aromatic rings. The largest absolute Gasteiger partial charge is 0.618 e. The van der Waals surface area contributed by atoms with Gasteiger partial charge in [0.1, 0.15) is 28.0 Å². The predicted molar refractivity (Wildman–Crippen MR) is 129 cm³/mol. The van der Waals surface area contributed by atoms with Crippen LogP contribution in [0, 0.1) is 5.21 Å². The molecule has 0 unspecified atom stereocenters. The Balaban J connectivity index is 1.43. The fourth-order valence-corrected chi connectivity index (χ4v) is 4.11. The van der Waals surface area contributed by atoms with Crippen LogP contribution < -0.4 is 14.2 Å². The molecule has 0 amide bonds. The Kier molecular flexibility index (Phi) is 5.00. The van der Waals surface area contributed by atoms with E-state index in [9.17, 15) is 5.21 Å². The van der Waals surface area contributed by atoms with E-state index in [4.69, 9.17) is 21.1 Å². The molecule has 0 saturated carbocycles. The highest BCUT2D eigenvalue weighted by atomic mass is 35.5. The van der Waals surface area contributed by atoms with Crippen molar-refractivity contribution in [2.24, 2.45) is 0 Å². The van der Waals surface area contributed by atoms with Crippen molar-refractivity contribution in [3.63, 3.8) is 0 Å². The highest BCUT2D eigenvalue weighted by Crippen LogP contribution is 2.37. The van der Waals surface area contributed by atoms with E-state index in [0.29, 0.717) is 50.5 Å². The first-order valence-corrected chi connectivity index (χ1v) is 11.1. The third-order valence-electron chi connectivity index (χ3n) is 5.43. The van der Waals surface area contributed by atoms with Crippen LogP contribution in [0.1, 0.15) is 12.6 Å². The van der Waals surface area contributed by atoms with E-state index >= 15 is 0 Å². The van der Waals surface area contributed by atoms with Crippen molar-refractivity contribution in [2.75, 3.05) is 0 Å². The first kappa shape index (κ1) is 21.0. The Bertz CT molecular complexity index is 1740. The van der Waals surface area contributed by atoms with Crippen molar-refractivity contribution < 1.29 is 14.2 Å². The number of fused-ring (bicyclic) bond motifs is 3. The normalized spacial score (nSPS) is 11.4. The van der Waals surface area contributed by atoms with Gasteiger partial charge in [-0.1, -0.05) is 18.5 Å². The lowest BCUT2D eigenvalue weighted by Crippen LogP contribution is -2.26. The van der Waals surface area contributed by atoms with Crippen LogP contribution in [0.5, 0.6) is 23.4 Å². The van der Waals surface area contributed by atoms with E-state index < -0.39 is 0 Å². The van der Waals surface area contributed by atoms with E-state index in [1.54, 1.807) is 42.7 Å². The van der Waals surface area contributed by atoms with E-state index in [1.807, 2.05) is 13.0 Å². The van der Waals surface area contributed by atoms with Crippen LogP contribution in [-0.2, 0) is 6.42 Å². The molecule has 0 radical (unpaired) electrons. The average molecular weight is 486 g/mol. The van der Waals surface area contributed by atoms with Crippen molar-refractivity contribution in [1.82, 2.24) is 29.9 Å². The number of aromatic amines is 1. The molecule has 1 N–H and O–H groups in total. The lowest BCUT2D eigenvalue weighted by molar-refractivity contribution is -0.577. The Hall–Kier alpha value is -4.57. The van der Waals surface area contributed by atoms with E-state index in [2.05, 4.69) is 29.9 Å². The molecular formula is C24H16ClN7O3. The highest BCUT2D eigenvalue weighted by molar-refractivity contribution is 6.36. The summed E-state index contributed by atoms with van der Waals surface area (Å²) in [5, 5.41) is 13.0. The maximum atomic E-state index is 11.9. The zero-order chi connectivity index (χ0) is 23.9. The van der Waals surface area contributed by atoms with Crippen molar-refractivity contribution in [1.29, 1.82) is 0 Å². The van der Waals surface area contributed by atoms with E-state index in [0.717, 1.165) is 15.9 Å². The first-order valence-electron chi connectivity index (χ1n) is 10.7. The fourth-order valence-electron chi connectivity index (χ4n) is 3.76. The molecule has 4 aromatic heterocycles. The van der Waals surface area contributed by atoms with Crippen LogP contribution in [0.2, 0.25) is 5.02 Å². The van der Waals surface area contributed by atoms with Crippen LogP contribution in [0.4, 0.5) is 0 Å². The van der Waals surface area contributed by atoms with Gasteiger partial charge < -0.3 is 19.7 Å². The van der Waals surface area contributed by atoms with Crippen molar-refractivity contribution >= 4 is 44.7 Å². The zero-order valence-corrected chi connectivity index (χ0v) is 19.0. The van der Waals surface area contributed by atoms with Gasteiger partial charge in [0, 0.05) is 36.3 Å². The van der Waals surface area contributed by atoms with Crippen LogP contribution in [-0.4, -0.2) is 29.9 Å². The lowest BCUT2D eigenvalue weighted by atomic mass is 10.3. The molecule has 0 aliphatic carbocycles. The van der Waals surface area contributed by atoms with Crippen molar-refractivity contribution in [2.45, 2.75) is 13.3 Å². The smallest absolute Gasteiger partial charge is 0.327 e. The molecule has 0 bridgehead atoms. The summed E-state index contributed by atoms with van der Waals surface area (Å²) < 4.78 is 12.8. The number of hydrogen-bond donors (Lipinski definition) is 1. The third kappa shape index (κ3) is 3.79. The standard InChI is InChI=1S/C24H16ClN7O3/c1-2-15-21(25)20-22(29-15)30-24(35-14-4-6-19-18(12-14)28-9-10-32(19)33)31-23(20)34-13-3-5-16-17(11-13)27-8-7-26-16/h3-12H,2H2,1H3,(H,29,30,31). The number of nitrogens with zero attached hydrogens (tertiary/aromatic N) is 6. The summed E-state index contributed by atoms with van der Waals surface area (Å²) >= 11 is 6.62. The number of aromatic nitrogens is 7. The number of benzene rings is 2. The molecular weight excluding hydrogens is 470 g/mol. The van der Waals surface area contributed by atoms with Crippen molar-refractivity contribution in [3.05, 3.63) is 77.1 Å². The molecule has 11 heteroatoms. The molecule has 172 valence electrons. The molecule has 10 nitrogen and oxygen atoms in total. The van der Waals surface area contributed by atoms with E-state index in [1.165, 1.54) is 12.4 Å². The quantitative estimate of drug-likeness (QED) is 0.270. The maximum Gasteiger partial charge on any atom is 0.327 e. The van der Waals surface area contributed by atoms with Gasteiger partial charge in [-0.15, -0.1) is 0 Å². The first-order chi connectivity index (χ1) is 17.1. The minimum Gasteiger partial charge on any atom is -0.618 e. The summed E-state index contributed by atoms with van der Waals surface area (Å²) in [6.45, 7) is 1.98. The second kappa shape index (κ2) is 8.33. The Morgan fingerprint density at radius 3 is 2.51 bits per heavy atom. The number of aryl methyl sites for hydroxylation is 1. The number of hydrogen-bond acceptors (Lipinski definition) is 8. The molecule has 0 aliphatic heterocycles. The van der Waals surface area contributed by atoms with Gasteiger partial charge in [0.2, 0.25) is 11.4 Å². The summed E-state index contributed by atoms with van der Waals surface area (Å²) in [6.07, 6.45) is 6.67. The summed E-state index contributed by atoms with van der Waals surface area (Å²) in [4.78, 5) is 25.0. The van der Waals surface area contributed by atoms with Crippen LogP contribution >= 0.6 is 11.6 Å². The van der Waals surface area contributed by atoms with Gasteiger partial charge in [0.05, 0.1) is 22.3 Å². The average Bonchev–Trinajstić information content (AvgIpc) is 3.19. The second-order valence-electron chi connectivity index (χ2n) is 7.62. The van der Waals surface area contributed by atoms with Crippen LogP contribution in [0.25, 0.3) is 33.1 Å². The maximum absolute atomic E-state index is 11.9. The monoisotopic (exact) mass is 485 g/mol. The van der Waals surface area contributed by atoms with Gasteiger partial charge in [-0.25, -0.2) is 4.98 Å². The SMILES string of the molecule is CCc1[nH]c2nc(Oc3ccc4c(c3)ncc[n+]4[O-])nc(Oc3ccc4nccnc4c3)c2c1Cl. The molecule has 0 aliphatic rings. The molecule has 0 atom stereocenters. The number of H-pyrrole nitrogens is 1. The lowest BCUT2D eigenvalue weighted by Gasteiger charge is -2.10. The van der Waals surface area contributed by atoms with Gasteiger partial charge in [-0.2, -0.15) is 14.7 Å². The minimum absolute atomic E-state index is 0.0407. The Morgan fingerprint density at radius 2 is 1.66 bits per heavy atom. The second-order valence-corrected chi connectivity index (χ2v) is 8.00. The summed E-state index contributed by atoms with van der Waals surface area (Å²) in [6, 6.07) is 10.3. The van der Waals surface area contributed by atoms with Gasteiger partial charge >= 0.3 is 6.01 Å². The fraction of sp³-hybridized carbons (Fsp3) is 0.0833. The number of rotatable bonds is 5. The predicted octanol–water partition coefficient (Wildman–Crippen LogP) is 4.88. The molecule has 0 spiro atoms. The number of halogens is 1. The highest BCUT2D eigenvalue weighted by Gasteiger charge is 2.20.